The van der Waals surface area contributed by atoms with E-state index in [-0.39, 0.29) is 28.7 Å². The molecule has 0 aromatic carbocycles. The molecule has 6 heteroatoms. The molecular formula is C13H18N4O2. The largest absolute Gasteiger partial charge is 0.348 e. The number of carbonyl (C=O) groups excluding carboxylic acids is 1. The summed E-state index contributed by atoms with van der Waals surface area (Å²) < 4.78 is 0. The van der Waals surface area contributed by atoms with E-state index in [9.17, 15) is 9.59 Å². The van der Waals surface area contributed by atoms with Crippen LogP contribution in [0.5, 0.6) is 0 Å². The first-order chi connectivity index (χ1) is 9.17. The fraction of sp³-hybridized carbons (Fsp3) is 0.615. The summed E-state index contributed by atoms with van der Waals surface area (Å²) in [6.45, 7) is 0.948. The number of carbonyl (C=O) groups is 1. The average molecular weight is 262 g/mol. The van der Waals surface area contributed by atoms with E-state index in [0.717, 1.165) is 25.6 Å². The fourth-order valence-corrected chi connectivity index (χ4v) is 2.99. The molecule has 2 fully saturated rings. The zero-order valence-corrected chi connectivity index (χ0v) is 10.7. The van der Waals surface area contributed by atoms with E-state index in [2.05, 4.69) is 20.6 Å². The van der Waals surface area contributed by atoms with Crippen LogP contribution in [0.4, 0.5) is 0 Å². The molecule has 1 amide bonds. The van der Waals surface area contributed by atoms with Crippen LogP contribution in [0.1, 0.15) is 42.6 Å². The summed E-state index contributed by atoms with van der Waals surface area (Å²) in [5.74, 6) is -0.211. The van der Waals surface area contributed by atoms with Gasteiger partial charge in [-0.15, -0.1) is 0 Å². The Labute approximate surface area is 111 Å². The summed E-state index contributed by atoms with van der Waals surface area (Å²) in [7, 11) is 0. The first-order valence-electron chi connectivity index (χ1n) is 6.78. The lowest BCUT2D eigenvalue weighted by Crippen LogP contribution is -2.59. The maximum atomic E-state index is 12.0. The molecule has 1 spiro atoms. The number of aromatic amines is 1. The highest BCUT2D eigenvalue weighted by Gasteiger charge is 2.41. The van der Waals surface area contributed by atoms with Crippen molar-refractivity contribution >= 4 is 5.91 Å². The lowest BCUT2D eigenvalue weighted by Gasteiger charge is -2.48. The summed E-state index contributed by atoms with van der Waals surface area (Å²) in [5.41, 5.74) is 0.224. The summed E-state index contributed by atoms with van der Waals surface area (Å²) in [6, 6.07) is 0.197. The Hall–Kier alpha value is -1.69. The monoisotopic (exact) mass is 262 g/mol. The Kier molecular flexibility index (Phi) is 3.10. The molecule has 1 aromatic heterocycles. The molecule has 1 aromatic rings. The third kappa shape index (κ3) is 2.53. The van der Waals surface area contributed by atoms with Gasteiger partial charge in [0.1, 0.15) is 5.69 Å². The van der Waals surface area contributed by atoms with Crippen LogP contribution in [0, 0.1) is 0 Å². The van der Waals surface area contributed by atoms with Crippen molar-refractivity contribution in [2.24, 2.45) is 0 Å². The highest BCUT2D eigenvalue weighted by atomic mass is 16.2. The molecule has 1 aliphatic carbocycles. The van der Waals surface area contributed by atoms with E-state index in [1.807, 2.05) is 0 Å². The number of nitrogens with one attached hydrogen (secondary N) is 3. The van der Waals surface area contributed by atoms with Crippen molar-refractivity contribution in [3.05, 3.63) is 28.4 Å². The molecule has 1 saturated carbocycles. The number of hydrogen-bond acceptors (Lipinski definition) is 4. The first kappa shape index (κ1) is 12.3. The standard InChI is InChI=1S/C13H18N4O2/c18-11-8-14-10(7-15-11)12(19)17-9-2-5-16-13(6-9)3-1-4-13/h7-9,16H,1-6H2,(H,15,18)(H,17,19). The molecular weight excluding hydrogens is 244 g/mol. The average Bonchev–Trinajstić information content (AvgIpc) is 2.38. The number of aromatic nitrogens is 2. The minimum atomic E-state index is -0.299. The van der Waals surface area contributed by atoms with Gasteiger partial charge in [0.25, 0.3) is 11.5 Å². The Balaban J connectivity index is 1.62. The van der Waals surface area contributed by atoms with Gasteiger partial charge < -0.3 is 15.6 Å². The van der Waals surface area contributed by atoms with Crippen molar-refractivity contribution < 1.29 is 4.79 Å². The predicted octanol–water partition coefficient (Wildman–Crippen LogP) is 0.174. The molecule has 19 heavy (non-hydrogen) atoms. The number of amides is 1. The molecule has 3 rings (SSSR count). The van der Waals surface area contributed by atoms with Gasteiger partial charge in [0.05, 0.1) is 6.20 Å². The second kappa shape index (κ2) is 4.77. The number of hydrogen-bond donors (Lipinski definition) is 3. The Morgan fingerprint density at radius 2 is 2.32 bits per heavy atom. The maximum absolute atomic E-state index is 12.0. The van der Waals surface area contributed by atoms with Gasteiger partial charge in [-0.2, -0.15) is 0 Å². The summed E-state index contributed by atoms with van der Waals surface area (Å²) in [6.07, 6.45) is 8.10. The Morgan fingerprint density at radius 3 is 2.95 bits per heavy atom. The second-order valence-electron chi connectivity index (χ2n) is 5.52. The Morgan fingerprint density at radius 1 is 1.47 bits per heavy atom. The predicted molar refractivity (Wildman–Crippen MR) is 69.9 cm³/mol. The highest BCUT2D eigenvalue weighted by Crippen LogP contribution is 2.38. The van der Waals surface area contributed by atoms with Gasteiger partial charge in [-0.05, 0) is 38.6 Å². The Bertz CT molecular complexity index is 515. The van der Waals surface area contributed by atoms with Crippen LogP contribution in [0.25, 0.3) is 0 Å². The van der Waals surface area contributed by atoms with Gasteiger partial charge in [0.2, 0.25) is 0 Å². The summed E-state index contributed by atoms with van der Waals surface area (Å²) in [5, 5.41) is 6.58. The molecule has 3 N–H and O–H groups in total. The lowest BCUT2D eigenvalue weighted by atomic mass is 9.70. The first-order valence-corrected chi connectivity index (χ1v) is 6.78. The minimum absolute atomic E-state index is 0.197. The minimum Gasteiger partial charge on any atom is -0.348 e. The van der Waals surface area contributed by atoms with Crippen LogP contribution in [0.2, 0.25) is 0 Å². The zero-order chi connectivity index (χ0) is 13.3. The van der Waals surface area contributed by atoms with E-state index >= 15 is 0 Å². The van der Waals surface area contributed by atoms with Gasteiger partial charge in [-0.3, -0.25) is 9.59 Å². The van der Waals surface area contributed by atoms with Crippen LogP contribution in [-0.4, -0.2) is 34.0 Å². The van der Waals surface area contributed by atoms with E-state index in [1.54, 1.807) is 0 Å². The summed E-state index contributed by atoms with van der Waals surface area (Å²) >= 11 is 0. The SMILES string of the molecule is O=C(NC1CCNC2(CCC2)C1)c1c[nH]c(=O)cn1. The van der Waals surface area contributed by atoms with E-state index in [4.69, 9.17) is 0 Å². The quantitative estimate of drug-likeness (QED) is 0.709. The third-order valence-electron chi connectivity index (χ3n) is 4.18. The van der Waals surface area contributed by atoms with Gasteiger partial charge in [0, 0.05) is 17.8 Å². The smallest absolute Gasteiger partial charge is 0.271 e. The van der Waals surface area contributed by atoms with Crippen LogP contribution >= 0.6 is 0 Å². The van der Waals surface area contributed by atoms with Crippen molar-refractivity contribution in [2.45, 2.75) is 43.7 Å². The molecule has 1 aliphatic heterocycles. The fourth-order valence-electron chi connectivity index (χ4n) is 2.99. The highest BCUT2D eigenvalue weighted by molar-refractivity contribution is 5.92. The van der Waals surface area contributed by atoms with Gasteiger partial charge >= 0.3 is 0 Å². The van der Waals surface area contributed by atoms with E-state index < -0.39 is 0 Å². The lowest BCUT2D eigenvalue weighted by molar-refractivity contribution is 0.0848. The van der Waals surface area contributed by atoms with Crippen LogP contribution in [0.15, 0.2) is 17.2 Å². The van der Waals surface area contributed by atoms with Crippen LogP contribution in [0.3, 0.4) is 0 Å². The van der Waals surface area contributed by atoms with Gasteiger partial charge in [-0.25, -0.2) is 4.98 Å². The van der Waals surface area contributed by atoms with Crippen molar-refractivity contribution in [2.75, 3.05) is 6.54 Å². The van der Waals surface area contributed by atoms with E-state index in [1.165, 1.54) is 25.5 Å². The molecule has 2 aliphatic rings. The molecule has 1 saturated heterocycles. The number of piperidine rings is 1. The van der Waals surface area contributed by atoms with Gasteiger partial charge in [0.15, 0.2) is 0 Å². The zero-order valence-electron chi connectivity index (χ0n) is 10.7. The summed E-state index contributed by atoms with van der Waals surface area (Å²) in [4.78, 5) is 29.2. The van der Waals surface area contributed by atoms with E-state index in [0.29, 0.717) is 0 Å². The topological polar surface area (TPSA) is 86.9 Å². The molecule has 2 heterocycles. The molecule has 6 nitrogen and oxygen atoms in total. The van der Waals surface area contributed by atoms with Gasteiger partial charge in [-0.1, -0.05) is 0 Å². The normalized spacial score (nSPS) is 24.7. The molecule has 1 atom stereocenters. The second-order valence-corrected chi connectivity index (χ2v) is 5.52. The molecule has 1 unspecified atom stereocenters. The third-order valence-corrected chi connectivity index (χ3v) is 4.18. The number of nitrogens with zero attached hydrogens (tertiary/aromatic N) is 1. The van der Waals surface area contributed by atoms with Crippen molar-refractivity contribution in [3.63, 3.8) is 0 Å². The van der Waals surface area contributed by atoms with Crippen molar-refractivity contribution in [1.82, 2.24) is 20.6 Å². The number of rotatable bonds is 2. The number of H-pyrrole nitrogens is 1. The van der Waals surface area contributed by atoms with Crippen LogP contribution in [-0.2, 0) is 0 Å². The van der Waals surface area contributed by atoms with Crippen molar-refractivity contribution in [1.29, 1.82) is 0 Å². The van der Waals surface area contributed by atoms with Crippen LogP contribution < -0.4 is 16.2 Å². The molecule has 0 radical (unpaired) electrons. The molecule has 102 valence electrons. The maximum Gasteiger partial charge on any atom is 0.271 e. The molecule has 0 bridgehead atoms. The van der Waals surface area contributed by atoms with Crippen molar-refractivity contribution in [3.8, 4) is 0 Å².